The summed E-state index contributed by atoms with van der Waals surface area (Å²) in [6, 6.07) is 13.0. The van der Waals surface area contributed by atoms with Gasteiger partial charge in [0.2, 0.25) is 5.91 Å². The Morgan fingerprint density at radius 1 is 1.20 bits per heavy atom. The van der Waals surface area contributed by atoms with Crippen LogP contribution < -0.4 is 15.5 Å². The number of amides is 2. The second-order valence-corrected chi connectivity index (χ2v) is 9.21. The largest absolute Gasteiger partial charge is 0.444 e. The molecule has 1 atom stereocenters. The van der Waals surface area contributed by atoms with Gasteiger partial charge in [0, 0.05) is 5.69 Å². The van der Waals surface area contributed by atoms with E-state index in [0.29, 0.717) is 16.6 Å². The maximum absolute atomic E-state index is 12.9. The molecule has 4 rings (SSSR count). The molecule has 2 aromatic carbocycles. The van der Waals surface area contributed by atoms with Gasteiger partial charge in [-0.2, -0.15) is 0 Å². The van der Waals surface area contributed by atoms with Crippen LogP contribution in [-0.4, -0.2) is 30.2 Å². The Labute approximate surface area is 181 Å². The lowest BCUT2D eigenvalue weighted by atomic mass is 10.1. The summed E-state index contributed by atoms with van der Waals surface area (Å²) in [5.41, 5.74) is 2.91. The molecule has 0 unspecified atom stereocenters. The van der Waals surface area contributed by atoms with Crippen molar-refractivity contribution in [3.05, 3.63) is 53.1 Å². The van der Waals surface area contributed by atoms with Crippen LogP contribution in [-0.2, 0) is 9.53 Å². The predicted molar refractivity (Wildman–Crippen MR) is 119 cm³/mol. The van der Waals surface area contributed by atoms with Crippen molar-refractivity contribution < 1.29 is 14.3 Å². The van der Waals surface area contributed by atoms with Crippen molar-refractivity contribution in [1.29, 1.82) is 0 Å². The Hall–Kier alpha value is -2.73. The third-order valence-electron chi connectivity index (χ3n) is 5.13. The third-order valence-corrected chi connectivity index (χ3v) is 5.45. The summed E-state index contributed by atoms with van der Waals surface area (Å²) < 4.78 is 5.36. The molecule has 2 aliphatic rings. The smallest absolute Gasteiger partial charge is 0.408 e. The van der Waals surface area contributed by atoms with Crippen LogP contribution >= 0.6 is 11.6 Å². The fourth-order valence-corrected chi connectivity index (χ4v) is 3.82. The molecule has 0 aromatic heterocycles. The van der Waals surface area contributed by atoms with E-state index in [1.54, 1.807) is 26.8 Å². The quantitative estimate of drug-likeness (QED) is 0.706. The zero-order valence-electron chi connectivity index (χ0n) is 17.4. The van der Waals surface area contributed by atoms with Crippen molar-refractivity contribution in [3.63, 3.8) is 0 Å². The molecule has 1 aliphatic carbocycles. The van der Waals surface area contributed by atoms with E-state index in [2.05, 4.69) is 22.8 Å². The van der Waals surface area contributed by atoms with Gasteiger partial charge < -0.3 is 20.3 Å². The monoisotopic (exact) mass is 427 g/mol. The van der Waals surface area contributed by atoms with E-state index in [0.717, 1.165) is 11.4 Å². The molecule has 1 fully saturated rings. The summed E-state index contributed by atoms with van der Waals surface area (Å²) in [4.78, 5) is 27.3. The number of benzene rings is 2. The highest BCUT2D eigenvalue weighted by Gasteiger charge is 2.33. The van der Waals surface area contributed by atoms with Gasteiger partial charge in [-0.25, -0.2) is 4.79 Å². The van der Waals surface area contributed by atoms with Crippen LogP contribution in [0.2, 0.25) is 5.02 Å². The van der Waals surface area contributed by atoms with E-state index in [9.17, 15) is 9.59 Å². The van der Waals surface area contributed by atoms with Crippen LogP contribution in [0.4, 0.5) is 21.9 Å². The van der Waals surface area contributed by atoms with Crippen molar-refractivity contribution >= 4 is 40.7 Å². The van der Waals surface area contributed by atoms with Crippen molar-refractivity contribution in [2.75, 3.05) is 16.8 Å². The Balaban J connectivity index is 1.69. The van der Waals surface area contributed by atoms with Gasteiger partial charge >= 0.3 is 6.09 Å². The minimum Gasteiger partial charge on any atom is -0.444 e. The fraction of sp³-hybridized carbons (Fsp3) is 0.391. The normalized spacial score (nSPS) is 18.9. The van der Waals surface area contributed by atoms with E-state index in [-0.39, 0.29) is 12.5 Å². The van der Waals surface area contributed by atoms with Crippen LogP contribution in [0, 0.1) is 0 Å². The molecule has 158 valence electrons. The average molecular weight is 428 g/mol. The van der Waals surface area contributed by atoms with Crippen LogP contribution in [0.3, 0.4) is 0 Å². The second-order valence-electron chi connectivity index (χ2n) is 8.80. The summed E-state index contributed by atoms with van der Waals surface area (Å²) in [7, 11) is 0. The van der Waals surface area contributed by atoms with Crippen molar-refractivity contribution in [3.8, 4) is 0 Å². The first-order valence-electron chi connectivity index (χ1n) is 10.2. The van der Waals surface area contributed by atoms with Crippen molar-refractivity contribution in [1.82, 2.24) is 5.32 Å². The molecule has 7 heteroatoms. The van der Waals surface area contributed by atoms with Gasteiger partial charge in [0.25, 0.3) is 0 Å². The molecular formula is C23H26ClN3O3. The Bertz CT molecular complexity index is 982. The summed E-state index contributed by atoms with van der Waals surface area (Å²) in [5.74, 6) is 0.266. The van der Waals surface area contributed by atoms with Gasteiger partial charge in [0.15, 0.2) is 0 Å². The molecule has 1 saturated carbocycles. The topological polar surface area (TPSA) is 70.7 Å². The lowest BCUT2D eigenvalue weighted by Crippen LogP contribution is -2.49. The van der Waals surface area contributed by atoms with E-state index in [1.807, 2.05) is 29.2 Å². The molecule has 0 spiro atoms. The first-order chi connectivity index (χ1) is 14.2. The van der Waals surface area contributed by atoms with Gasteiger partial charge in [-0.3, -0.25) is 4.79 Å². The summed E-state index contributed by atoms with van der Waals surface area (Å²) in [6.45, 7) is 5.60. The number of nitrogens with zero attached hydrogens (tertiary/aromatic N) is 1. The van der Waals surface area contributed by atoms with Gasteiger partial charge in [0.1, 0.15) is 11.6 Å². The number of anilines is 3. The zero-order valence-corrected chi connectivity index (χ0v) is 18.1. The molecule has 0 bridgehead atoms. The minimum atomic E-state index is -0.812. The molecule has 2 aromatic rings. The van der Waals surface area contributed by atoms with Crippen LogP contribution in [0.25, 0.3) is 0 Å². The SMILES string of the molecule is CC(C)(C)OC(=O)N[C@H]1CN(c2cccc(C3CC3)c2)c2cccc(Cl)c2NC1=O. The van der Waals surface area contributed by atoms with Crippen LogP contribution in [0.1, 0.15) is 45.1 Å². The number of hydrogen-bond acceptors (Lipinski definition) is 4. The summed E-state index contributed by atoms with van der Waals surface area (Å²) in [5, 5.41) is 6.03. The van der Waals surface area contributed by atoms with Gasteiger partial charge in [-0.05, 0) is 69.4 Å². The lowest BCUT2D eigenvalue weighted by molar-refractivity contribution is -0.117. The molecule has 2 N–H and O–H groups in total. The molecule has 0 saturated heterocycles. The van der Waals surface area contributed by atoms with Gasteiger partial charge in [0.05, 0.1) is 22.9 Å². The van der Waals surface area contributed by atoms with E-state index < -0.39 is 17.7 Å². The predicted octanol–water partition coefficient (Wildman–Crippen LogP) is 5.20. The zero-order chi connectivity index (χ0) is 21.5. The van der Waals surface area contributed by atoms with Gasteiger partial charge in [-0.15, -0.1) is 0 Å². The van der Waals surface area contributed by atoms with Crippen LogP contribution in [0.15, 0.2) is 42.5 Å². The number of rotatable bonds is 3. The minimum absolute atomic E-state index is 0.256. The number of para-hydroxylation sites is 1. The number of fused-ring (bicyclic) bond motifs is 1. The highest BCUT2D eigenvalue weighted by atomic mass is 35.5. The Morgan fingerprint density at radius 3 is 2.63 bits per heavy atom. The maximum atomic E-state index is 12.9. The number of alkyl carbamates (subject to hydrolysis) is 1. The lowest BCUT2D eigenvalue weighted by Gasteiger charge is -2.28. The molecule has 30 heavy (non-hydrogen) atoms. The molecule has 0 radical (unpaired) electrons. The summed E-state index contributed by atoms with van der Waals surface area (Å²) in [6.07, 6.45) is 1.77. The van der Waals surface area contributed by atoms with Crippen LogP contribution in [0.5, 0.6) is 0 Å². The number of carbonyl (C=O) groups excluding carboxylic acids is 2. The standard InChI is InChI=1S/C23H26ClN3O3/c1-23(2,3)30-22(29)25-18-13-27(16-7-4-6-15(12-16)14-10-11-14)19-9-5-8-17(24)20(19)26-21(18)28/h4-9,12,14,18H,10-11,13H2,1-3H3,(H,25,29)(H,26,28)/t18-/m0/s1. The molecular weight excluding hydrogens is 402 g/mol. The number of nitrogens with one attached hydrogen (secondary N) is 2. The number of carbonyl (C=O) groups is 2. The van der Waals surface area contributed by atoms with Crippen molar-refractivity contribution in [2.45, 2.75) is 51.2 Å². The Kier molecular flexibility index (Phi) is 5.36. The molecule has 6 nitrogen and oxygen atoms in total. The van der Waals surface area contributed by atoms with E-state index in [1.165, 1.54) is 18.4 Å². The van der Waals surface area contributed by atoms with E-state index in [4.69, 9.17) is 16.3 Å². The number of halogens is 1. The second kappa shape index (κ2) is 7.84. The number of hydrogen-bond donors (Lipinski definition) is 2. The molecule has 1 aliphatic heterocycles. The van der Waals surface area contributed by atoms with Gasteiger partial charge in [-0.1, -0.05) is 29.8 Å². The summed E-state index contributed by atoms with van der Waals surface area (Å²) >= 11 is 6.41. The van der Waals surface area contributed by atoms with E-state index >= 15 is 0 Å². The highest BCUT2D eigenvalue weighted by Crippen LogP contribution is 2.43. The molecule has 2 amide bonds. The average Bonchev–Trinajstić information content (AvgIpc) is 3.51. The third kappa shape index (κ3) is 4.54. The highest BCUT2D eigenvalue weighted by molar-refractivity contribution is 6.34. The maximum Gasteiger partial charge on any atom is 0.408 e. The van der Waals surface area contributed by atoms with Crippen molar-refractivity contribution in [2.24, 2.45) is 0 Å². The Morgan fingerprint density at radius 2 is 1.93 bits per heavy atom. The fourth-order valence-electron chi connectivity index (χ4n) is 3.60. The molecule has 1 heterocycles. The first kappa shape index (κ1) is 20.5. The number of ether oxygens (including phenoxy) is 1. The first-order valence-corrected chi connectivity index (χ1v) is 10.6.